The number of aliphatic imine (C=N–C) groups is 1. The van der Waals surface area contributed by atoms with Gasteiger partial charge in [0.15, 0.2) is 0 Å². The van der Waals surface area contributed by atoms with E-state index in [1.54, 1.807) is 11.8 Å². The monoisotopic (exact) mass is 461 g/mol. The second-order valence-electron chi connectivity index (χ2n) is 8.19. The molecule has 3 nitrogen and oxygen atoms in total. The van der Waals surface area contributed by atoms with Gasteiger partial charge < -0.3 is 10.6 Å². The van der Waals surface area contributed by atoms with Crippen molar-refractivity contribution in [2.45, 2.75) is 53.4 Å². The summed E-state index contributed by atoms with van der Waals surface area (Å²) in [6, 6.07) is 15.0. The first-order chi connectivity index (χ1) is 15.9. The molecule has 1 aliphatic heterocycles. The van der Waals surface area contributed by atoms with E-state index >= 15 is 0 Å². The molecule has 0 amide bonds. The van der Waals surface area contributed by atoms with E-state index in [0.717, 1.165) is 29.5 Å². The number of anilines is 1. The van der Waals surface area contributed by atoms with E-state index in [0.29, 0.717) is 5.92 Å². The van der Waals surface area contributed by atoms with Crippen LogP contribution in [0.1, 0.15) is 44.4 Å². The molecule has 176 valence electrons. The highest BCUT2D eigenvalue weighted by Gasteiger charge is 2.19. The van der Waals surface area contributed by atoms with Gasteiger partial charge in [0.25, 0.3) is 0 Å². The van der Waals surface area contributed by atoms with Gasteiger partial charge in [-0.3, -0.25) is 0 Å². The number of rotatable bonds is 3. The third-order valence-electron chi connectivity index (χ3n) is 5.56. The van der Waals surface area contributed by atoms with Crippen molar-refractivity contribution in [2.75, 3.05) is 18.1 Å². The van der Waals surface area contributed by atoms with E-state index in [1.165, 1.54) is 27.2 Å². The van der Waals surface area contributed by atoms with Gasteiger partial charge in [0, 0.05) is 23.0 Å². The van der Waals surface area contributed by atoms with Crippen LogP contribution in [0.2, 0.25) is 0 Å². The van der Waals surface area contributed by atoms with Crippen LogP contribution >= 0.6 is 11.8 Å². The molecule has 0 fully saturated rings. The zero-order valence-corrected chi connectivity index (χ0v) is 22.2. The fourth-order valence-electron chi connectivity index (χ4n) is 3.35. The molecule has 33 heavy (non-hydrogen) atoms. The van der Waals surface area contributed by atoms with Crippen LogP contribution in [0.4, 0.5) is 5.69 Å². The Labute approximate surface area is 205 Å². The van der Waals surface area contributed by atoms with Gasteiger partial charge in [-0.25, -0.2) is 4.99 Å². The van der Waals surface area contributed by atoms with Gasteiger partial charge in [-0.2, -0.15) is 0 Å². The predicted octanol–water partition coefficient (Wildman–Crippen LogP) is 7.82. The molecule has 1 heterocycles. The minimum atomic E-state index is 0.345. The van der Waals surface area contributed by atoms with Crippen molar-refractivity contribution in [2.24, 2.45) is 10.9 Å². The summed E-state index contributed by atoms with van der Waals surface area (Å²) in [6.07, 6.45) is 8.66. The van der Waals surface area contributed by atoms with Gasteiger partial charge in [-0.1, -0.05) is 49.8 Å². The molecular weight excluding hydrogens is 422 g/mol. The molecule has 2 aromatic rings. The second-order valence-corrected chi connectivity index (χ2v) is 9.07. The largest absolute Gasteiger partial charge is 0.385 e. The maximum absolute atomic E-state index is 4.87. The summed E-state index contributed by atoms with van der Waals surface area (Å²) in [5.41, 5.74) is 8.45. The highest BCUT2D eigenvalue weighted by molar-refractivity contribution is 7.98. The fraction of sp³-hybridized carbons (Fsp3) is 0.345. The van der Waals surface area contributed by atoms with Gasteiger partial charge >= 0.3 is 0 Å². The van der Waals surface area contributed by atoms with Gasteiger partial charge in [-0.15, -0.1) is 11.8 Å². The van der Waals surface area contributed by atoms with E-state index in [9.17, 15) is 0 Å². The summed E-state index contributed by atoms with van der Waals surface area (Å²) in [5.74, 6) is 1.25. The Hall–Kier alpha value is -2.72. The molecule has 1 atom stereocenters. The number of hydrogen-bond acceptors (Lipinski definition) is 4. The summed E-state index contributed by atoms with van der Waals surface area (Å²) in [6.45, 7) is 15.4. The molecule has 1 unspecified atom stereocenters. The lowest BCUT2D eigenvalue weighted by Gasteiger charge is -2.15. The minimum Gasteiger partial charge on any atom is -0.385 e. The molecule has 4 heteroatoms. The lowest BCUT2D eigenvalue weighted by Crippen LogP contribution is -2.24. The van der Waals surface area contributed by atoms with Gasteiger partial charge in [0.05, 0.1) is 11.4 Å². The van der Waals surface area contributed by atoms with Crippen LogP contribution in [0.5, 0.6) is 0 Å². The maximum atomic E-state index is 4.87. The number of thioether (sulfide) groups is 1. The third-order valence-corrected chi connectivity index (χ3v) is 6.30. The normalized spacial score (nSPS) is 16.5. The maximum Gasteiger partial charge on any atom is 0.149 e. The highest BCUT2D eigenvalue weighted by Crippen LogP contribution is 2.22. The van der Waals surface area contributed by atoms with E-state index in [2.05, 4.69) is 112 Å². The first kappa shape index (κ1) is 26.5. The average Bonchev–Trinajstić information content (AvgIpc) is 2.97. The van der Waals surface area contributed by atoms with Gasteiger partial charge in [0.1, 0.15) is 5.82 Å². The molecule has 2 aromatic carbocycles. The summed E-state index contributed by atoms with van der Waals surface area (Å²) in [4.78, 5) is 6.21. The molecule has 0 bridgehead atoms. The minimum absolute atomic E-state index is 0.345. The Balaban J connectivity index is 0.000000293. The molecule has 1 aliphatic carbocycles. The molecule has 4 rings (SSSR count). The lowest BCUT2D eigenvalue weighted by molar-refractivity contribution is 0.733. The van der Waals surface area contributed by atoms with Crippen molar-refractivity contribution in [3.63, 3.8) is 0 Å². The first-order valence-corrected chi connectivity index (χ1v) is 12.9. The molecule has 0 saturated heterocycles. The van der Waals surface area contributed by atoms with Crippen molar-refractivity contribution in [1.82, 2.24) is 5.32 Å². The van der Waals surface area contributed by atoms with Crippen LogP contribution in [0.25, 0.3) is 0 Å². The summed E-state index contributed by atoms with van der Waals surface area (Å²) >= 11 is 1.78. The van der Waals surface area contributed by atoms with Crippen LogP contribution in [0.15, 0.2) is 87.7 Å². The second kappa shape index (κ2) is 13.1. The third kappa shape index (κ3) is 7.97. The van der Waals surface area contributed by atoms with Crippen LogP contribution in [-0.4, -0.2) is 18.5 Å². The number of fused-ring (bicyclic) bond motifs is 1. The molecule has 0 spiro atoms. The van der Waals surface area contributed by atoms with Gasteiger partial charge in [-0.05, 0) is 87.9 Å². The van der Waals surface area contributed by atoms with E-state index in [1.807, 2.05) is 13.8 Å². The van der Waals surface area contributed by atoms with E-state index in [4.69, 9.17) is 4.99 Å². The van der Waals surface area contributed by atoms with Crippen LogP contribution < -0.4 is 10.6 Å². The Morgan fingerprint density at radius 3 is 2.27 bits per heavy atom. The van der Waals surface area contributed by atoms with E-state index in [-0.39, 0.29) is 0 Å². The fourth-order valence-corrected chi connectivity index (χ4v) is 3.76. The SMILES string of the molecule is CC.CC1=CC2=NC(Nc3ccc(C)c(C)c3)=C(C)NCC2C=C1.CSc1ccc(C)cc1. The number of allylic oxidation sites excluding steroid dienone is 4. The van der Waals surface area contributed by atoms with Crippen molar-refractivity contribution < 1.29 is 0 Å². The van der Waals surface area contributed by atoms with Crippen LogP contribution in [0.3, 0.4) is 0 Å². The predicted molar refractivity (Wildman–Crippen MR) is 148 cm³/mol. The molecule has 0 saturated carbocycles. The van der Waals surface area contributed by atoms with Crippen LogP contribution in [0, 0.1) is 26.7 Å². The Morgan fingerprint density at radius 1 is 0.939 bits per heavy atom. The molecule has 0 radical (unpaired) electrons. The summed E-state index contributed by atoms with van der Waals surface area (Å²) in [5, 5.41) is 6.94. The first-order valence-electron chi connectivity index (χ1n) is 11.7. The Bertz CT molecular complexity index is 1040. The zero-order valence-electron chi connectivity index (χ0n) is 21.4. The molecule has 2 aliphatic rings. The number of aryl methyl sites for hydroxylation is 3. The number of nitrogens with zero attached hydrogens (tertiary/aromatic N) is 1. The molecule has 0 aromatic heterocycles. The average molecular weight is 462 g/mol. The number of nitrogens with one attached hydrogen (secondary N) is 2. The standard InChI is InChI=1S/C19H23N3.C8H10S.C2H6/c1-12-5-7-16-11-20-15(4)19(22-18(16)9-12)21-17-8-6-13(2)14(3)10-17;1-7-3-5-8(9-2)6-4-7;1-2/h5-10,16,20-21H,11H2,1-4H3;3-6H,1-2H3;1-2H3. The Morgan fingerprint density at radius 2 is 1.64 bits per heavy atom. The summed E-state index contributed by atoms with van der Waals surface area (Å²) in [7, 11) is 0. The highest BCUT2D eigenvalue weighted by atomic mass is 32.2. The quantitative estimate of drug-likeness (QED) is 0.457. The summed E-state index contributed by atoms with van der Waals surface area (Å²) < 4.78 is 0. The van der Waals surface area contributed by atoms with Crippen molar-refractivity contribution >= 4 is 23.2 Å². The Kier molecular flexibility index (Phi) is 10.5. The van der Waals surface area contributed by atoms with Crippen molar-refractivity contribution in [3.05, 3.63) is 94.5 Å². The smallest absolute Gasteiger partial charge is 0.149 e. The molecular formula is C29H39N3S. The molecule has 2 N–H and O–H groups in total. The van der Waals surface area contributed by atoms with Crippen molar-refractivity contribution in [1.29, 1.82) is 0 Å². The van der Waals surface area contributed by atoms with Crippen LogP contribution in [-0.2, 0) is 0 Å². The number of hydrogen-bond donors (Lipinski definition) is 2. The number of benzene rings is 2. The zero-order chi connectivity index (χ0) is 24.4. The topological polar surface area (TPSA) is 36.4 Å². The van der Waals surface area contributed by atoms with E-state index < -0.39 is 0 Å². The van der Waals surface area contributed by atoms with Gasteiger partial charge in [0.2, 0.25) is 0 Å². The van der Waals surface area contributed by atoms with Crippen molar-refractivity contribution in [3.8, 4) is 0 Å². The lowest BCUT2D eigenvalue weighted by atomic mass is 9.95.